The number of aryl methyl sites for hydroxylation is 1. The Balaban J connectivity index is 1.52. The quantitative estimate of drug-likeness (QED) is 0.866. The van der Waals surface area contributed by atoms with Gasteiger partial charge in [0.15, 0.2) is 0 Å². The predicted molar refractivity (Wildman–Crippen MR) is 71.4 cm³/mol. The molecule has 2 fully saturated rings. The van der Waals surface area contributed by atoms with Crippen molar-refractivity contribution in [3.8, 4) is 0 Å². The highest BCUT2D eigenvalue weighted by molar-refractivity contribution is 7.11. The Kier molecular flexibility index (Phi) is 3.35. The molecule has 0 aromatic carbocycles. The minimum Gasteiger partial charge on any atom is -0.349 e. The van der Waals surface area contributed by atoms with Gasteiger partial charge in [-0.2, -0.15) is 0 Å². The molecule has 3 rings (SSSR count). The van der Waals surface area contributed by atoms with Crippen LogP contribution in [0.2, 0.25) is 0 Å². The van der Waals surface area contributed by atoms with E-state index < -0.39 is 0 Å². The molecular weight excluding hydrogens is 246 g/mol. The van der Waals surface area contributed by atoms with Crippen molar-refractivity contribution in [2.45, 2.75) is 51.2 Å². The second-order valence-corrected chi connectivity index (χ2v) is 6.38. The Morgan fingerprint density at radius 2 is 2.50 bits per heavy atom. The first-order chi connectivity index (χ1) is 8.76. The molecule has 0 spiro atoms. The van der Waals surface area contributed by atoms with Crippen molar-refractivity contribution in [3.05, 3.63) is 16.1 Å². The van der Waals surface area contributed by atoms with E-state index in [9.17, 15) is 4.79 Å². The van der Waals surface area contributed by atoms with E-state index in [2.05, 4.69) is 22.5 Å². The van der Waals surface area contributed by atoms with Gasteiger partial charge in [-0.05, 0) is 25.7 Å². The highest BCUT2D eigenvalue weighted by atomic mass is 32.1. The highest BCUT2D eigenvalue weighted by Gasteiger charge is 2.42. The Labute approximate surface area is 111 Å². The molecule has 2 aliphatic heterocycles. The van der Waals surface area contributed by atoms with Gasteiger partial charge < -0.3 is 10.6 Å². The number of carbonyl (C=O) groups excluding carboxylic acids is 1. The third-order valence-electron chi connectivity index (χ3n) is 4.00. The SMILES string of the molecule is CCc1cnc(CNC(=O)C2CC3CCC2N3)s1. The fourth-order valence-electron chi connectivity index (χ4n) is 3.00. The van der Waals surface area contributed by atoms with Crippen LogP contribution < -0.4 is 10.6 Å². The van der Waals surface area contributed by atoms with Crippen molar-refractivity contribution in [1.29, 1.82) is 0 Å². The normalized spacial score (nSPS) is 29.7. The molecule has 3 atom stereocenters. The molecule has 5 heteroatoms. The molecule has 0 aliphatic carbocycles. The van der Waals surface area contributed by atoms with Crippen LogP contribution >= 0.6 is 11.3 Å². The Morgan fingerprint density at radius 1 is 1.61 bits per heavy atom. The van der Waals surface area contributed by atoms with Crippen molar-refractivity contribution >= 4 is 17.2 Å². The van der Waals surface area contributed by atoms with E-state index in [1.807, 2.05) is 6.20 Å². The molecule has 98 valence electrons. The molecule has 2 aliphatic rings. The average Bonchev–Trinajstić information content (AvgIpc) is 3.11. The maximum Gasteiger partial charge on any atom is 0.225 e. The Bertz CT molecular complexity index is 445. The van der Waals surface area contributed by atoms with Crippen molar-refractivity contribution in [1.82, 2.24) is 15.6 Å². The number of thiazole rings is 1. The smallest absolute Gasteiger partial charge is 0.225 e. The summed E-state index contributed by atoms with van der Waals surface area (Å²) in [6.07, 6.45) is 6.32. The first-order valence-corrected chi connectivity index (χ1v) is 7.55. The zero-order valence-electron chi connectivity index (χ0n) is 10.6. The molecule has 2 saturated heterocycles. The van der Waals surface area contributed by atoms with E-state index in [0.29, 0.717) is 18.6 Å². The number of hydrogen-bond donors (Lipinski definition) is 2. The molecule has 4 nitrogen and oxygen atoms in total. The molecule has 1 aromatic rings. The zero-order chi connectivity index (χ0) is 12.5. The molecular formula is C13H19N3OS. The topological polar surface area (TPSA) is 54.0 Å². The molecule has 0 saturated carbocycles. The summed E-state index contributed by atoms with van der Waals surface area (Å²) in [7, 11) is 0. The average molecular weight is 265 g/mol. The van der Waals surface area contributed by atoms with Gasteiger partial charge >= 0.3 is 0 Å². The van der Waals surface area contributed by atoms with Crippen molar-refractivity contribution in [2.24, 2.45) is 5.92 Å². The monoisotopic (exact) mass is 265 g/mol. The molecule has 3 heterocycles. The lowest BCUT2D eigenvalue weighted by molar-refractivity contribution is -0.125. The third kappa shape index (κ3) is 2.29. The number of carbonyl (C=O) groups is 1. The largest absolute Gasteiger partial charge is 0.349 e. The Morgan fingerprint density at radius 3 is 3.11 bits per heavy atom. The molecule has 3 unspecified atom stereocenters. The molecule has 0 radical (unpaired) electrons. The molecule has 2 N–H and O–H groups in total. The molecule has 1 aromatic heterocycles. The number of amides is 1. The van der Waals surface area contributed by atoms with E-state index in [4.69, 9.17) is 0 Å². The lowest BCUT2D eigenvalue weighted by Crippen LogP contribution is -2.37. The lowest BCUT2D eigenvalue weighted by Gasteiger charge is -2.18. The van der Waals surface area contributed by atoms with Gasteiger partial charge in [0.2, 0.25) is 5.91 Å². The van der Waals surface area contributed by atoms with Crippen LogP contribution in [0.4, 0.5) is 0 Å². The van der Waals surface area contributed by atoms with Gasteiger partial charge in [0.05, 0.1) is 12.5 Å². The fourth-order valence-corrected chi connectivity index (χ4v) is 3.80. The van der Waals surface area contributed by atoms with Crippen molar-refractivity contribution < 1.29 is 4.79 Å². The zero-order valence-corrected chi connectivity index (χ0v) is 11.4. The Hall–Kier alpha value is -0.940. The van der Waals surface area contributed by atoms with Crippen LogP contribution in [-0.4, -0.2) is 23.0 Å². The van der Waals surface area contributed by atoms with Crippen molar-refractivity contribution in [2.75, 3.05) is 0 Å². The second-order valence-electron chi connectivity index (χ2n) is 5.18. The third-order valence-corrected chi connectivity index (χ3v) is 5.14. The number of rotatable bonds is 4. The van der Waals surface area contributed by atoms with E-state index in [1.54, 1.807) is 11.3 Å². The standard InChI is InChI=1S/C13H19N3OS/c1-2-9-6-14-12(18-9)7-15-13(17)10-5-8-3-4-11(10)16-8/h6,8,10-11,16H,2-5,7H2,1H3,(H,15,17). The minimum atomic E-state index is 0.175. The number of nitrogens with one attached hydrogen (secondary N) is 2. The number of nitrogens with zero attached hydrogens (tertiary/aromatic N) is 1. The van der Waals surface area contributed by atoms with Crippen LogP contribution in [0.25, 0.3) is 0 Å². The molecule has 1 amide bonds. The van der Waals surface area contributed by atoms with Crippen LogP contribution in [0.1, 0.15) is 36.1 Å². The summed E-state index contributed by atoms with van der Waals surface area (Å²) in [5.74, 6) is 0.373. The fraction of sp³-hybridized carbons (Fsp3) is 0.692. The number of aromatic nitrogens is 1. The van der Waals surface area contributed by atoms with Gasteiger partial charge in [0, 0.05) is 23.2 Å². The van der Waals surface area contributed by atoms with Gasteiger partial charge in [0.25, 0.3) is 0 Å². The van der Waals surface area contributed by atoms with E-state index in [1.165, 1.54) is 11.3 Å². The maximum atomic E-state index is 12.1. The first kappa shape index (κ1) is 12.1. The first-order valence-electron chi connectivity index (χ1n) is 6.73. The van der Waals surface area contributed by atoms with Gasteiger partial charge in [-0.1, -0.05) is 6.92 Å². The van der Waals surface area contributed by atoms with Crippen LogP contribution in [0, 0.1) is 5.92 Å². The summed E-state index contributed by atoms with van der Waals surface area (Å²) >= 11 is 1.69. The van der Waals surface area contributed by atoms with Crippen LogP contribution in [0.3, 0.4) is 0 Å². The van der Waals surface area contributed by atoms with Crippen LogP contribution in [0.15, 0.2) is 6.20 Å². The van der Waals surface area contributed by atoms with E-state index in [-0.39, 0.29) is 11.8 Å². The summed E-state index contributed by atoms with van der Waals surface area (Å²) in [6.45, 7) is 2.70. The predicted octanol–water partition coefficient (Wildman–Crippen LogP) is 1.46. The second kappa shape index (κ2) is 4.97. The van der Waals surface area contributed by atoms with Crippen molar-refractivity contribution in [3.63, 3.8) is 0 Å². The summed E-state index contributed by atoms with van der Waals surface area (Å²) in [5.41, 5.74) is 0. The van der Waals surface area contributed by atoms with E-state index in [0.717, 1.165) is 24.3 Å². The molecule has 18 heavy (non-hydrogen) atoms. The lowest BCUT2D eigenvalue weighted by atomic mass is 9.88. The van der Waals surface area contributed by atoms with Gasteiger partial charge in [-0.3, -0.25) is 4.79 Å². The minimum absolute atomic E-state index is 0.175. The van der Waals surface area contributed by atoms with Gasteiger partial charge in [-0.25, -0.2) is 4.98 Å². The number of hydrogen-bond acceptors (Lipinski definition) is 4. The van der Waals surface area contributed by atoms with E-state index >= 15 is 0 Å². The van der Waals surface area contributed by atoms with Crippen LogP contribution in [0.5, 0.6) is 0 Å². The summed E-state index contributed by atoms with van der Waals surface area (Å²) in [4.78, 5) is 17.7. The molecule has 2 bridgehead atoms. The van der Waals surface area contributed by atoms with Crippen LogP contribution in [-0.2, 0) is 17.8 Å². The summed E-state index contributed by atoms with van der Waals surface area (Å²) < 4.78 is 0. The van der Waals surface area contributed by atoms with Gasteiger partial charge in [-0.15, -0.1) is 11.3 Å². The van der Waals surface area contributed by atoms with Gasteiger partial charge in [0.1, 0.15) is 5.01 Å². The summed E-state index contributed by atoms with van der Waals surface area (Å²) in [5, 5.41) is 7.54. The maximum absolute atomic E-state index is 12.1. The highest BCUT2D eigenvalue weighted by Crippen LogP contribution is 2.33. The number of fused-ring (bicyclic) bond motifs is 2. The summed E-state index contributed by atoms with van der Waals surface area (Å²) in [6, 6.07) is 0.995.